The van der Waals surface area contributed by atoms with E-state index in [0.29, 0.717) is 11.3 Å². The molecule has 0 fully saturated rings. The molecule has 0 saturated heterocycles. The Morgan fingerprint density at radius 1 is 1.25 bits per heavy atom. The van der Waals surface area contributed by atoms with Crippen LogP contribution in [0.2, 0.25) is 0 Å². The van der Waals surface area contributed by atoms with Crippen molar-refractivity contribution in [2.45, 2.75) is 0 Å². The van der Waals surface area contributed by atoms with Crippen molar-refractivity contribution < 1.29 is 5.21 Å². The van der Waals surface area contributed by atoms with E-state index >= 15 is 0 Å². The maximum absolute atomic E-state index is 8.92. The molecule has 1 aliphatic rings. The zero-order chi connectivity index (χ0) is 11.5. The number of nitrogen functional groups attached to an aromatic ring is 1. The Labute approximate surface area is 92.9 Å². The Hall–Kier alpha value is -2.36. The number of nitrogens with zero attached hydrogens (tertiary/aromatic N) is 1. The smallest absolute Gasteiger partial charge is 0.135 e. The number of anilines is 1. The molecule has 0 radical (unpaired) electrons. The second kappa shape index (κ2) is 4.02. The number of nitrogens with two attached hydrogens (primary N) is 1. The van der Waals surface area contributed by atoms with Crippen LogP contribution >= 0.6 is 0 Å². The molecular formula is C12H11N3O. The van der Waals surface area contributed by atoms with E-state index in [9.17, 15) is 0 Å². The van der Waals surface area contributed by atoms with Gasteiger partial charge in [-0.3, -0.25) is 5.41 Å². The van der Waals surface area contributed by atoms with E-state index in [1.54, 1.807) is 24.3 Å². The maximum Gasteiger partial charge on any atom is 0.135 e. The van der Waals surface area contributed by atoms with Gasteiger partial charge in [-0.1, -0.05) is 35.5 Å². The van der Waals surface area contributed by atoms with Crippen molar-refractivity contribution in [3.05, 3.63) is 48.1 Å². The molecule has 4 nitrogen and oxygen atoms in total. The van der Waals surface area contributed by atoms with E-state index in [-0.39, 0.29) is 11.4 Å². The molecule has 1 aromatic carbocycles. The first kappa shape index (κ1) is 10.2. The predicted octanol–water partition coefficient (Wildman–Crippen LogP) is 2.07. The molecule has 16 heavy (non-hydrogen) atoms. The SMILES string of the molecule is N=C1C=CC=C(c2ccccc2N)/C1=N/O. The third-order valence-corrected chi connectivity index (χ3v) is 2.39. The zero-order valence-electron chi connectivity index (χ0n) is 8.51. The number of benzene rings is 1. The minimum Gasteiger partial charge on any atom is -0.410 e. The lowest BCUT2D eigenvalue weighted by atomic mass is 9.93. The Morgan fingerprint density at radius 2 is 2.00 bits per heavy atom. The second-order valence-electron chi connectivity index (χ2n) is 3.39. The van der Waals surface area contributed by atoms with E-state index in [4.69, 9.17) is 16.4 Å². The first-order chi connectivity index (χ1) is 7.74. The first-order valence-electron chi connectivity index (χ1n) is 4.78. The highest BCUT2D eigenvalue weighted by Crippen LogP contribution is 2.25. The molecule has 0 spiro atoms. The Morgan fingerprint density at radius 3 is 2.69 bits per heavy atom. The van der Waals surface area contributed by atoms with Crippen LogP contribution in [0.4, 0.5) is 5.69 Å². The molecule has 0 atom stereocenters. The number of para-hydroxylation sites is 1. The topological polar surface area (TPSA) is 82.5 Å². The second-order valence-corrected chi connectivity index (χ2v) is 3.39. The number of allylic oxidation sites excluding steroid dienone is 4. The summed E-state index contributed by atoms with van der Waals surface area (Å²) < 4.78 is 0. The summed E-state index contributed by atoms with van der Waals surface area (Å²) in [7, 11) is 0. The molecule has 0 heterocycles. The molecule has 0 saturated carbocycles. The summed E-state index contributed by atoms with van der Waals surface area (Å²) in [6, 6.07) is 7.29. The molecule has 4 N–H and O–H groups in total. The van der Waals surface area contributed by atoms with Crippen LogP contribution in [-0.4, -0.2) is 16.6 Å². The summed E-state index contributed by atoms with van der Waals surface area (Å²) in [5, 5.41) is 19.7. The van der Waals surface area contributed by atoms with Gasteiger partial charge in [0.2, 0.25) is 0 Å². The Bertz CT molecular complexity index is 527. The van der Waals surface area contributed by atoms with Crippen LogP contribution in [0.25, 0.3) is 5.57 Å². The van der Waals surface area contributed by atoms with Gasteiger partial charge in [-0.25, -0.2) is 0 Å². The van der Waals surface area contributed by atoms with Gasteiger partial charge in [0.25, 0.3) is 0 Å². The highest BCUT2D eigenvalue weighted by molar-refractivity contribution is 6.61. The normalized spacial score (nSPS) is 17.6. The molecule has 0 aliphatic heterocycles. The van der Waals surface area contributed by atoms with Gasteiger partial charge in [-0.2, -0.15) is 0 Å². The third kappa shape index (κ3) is 1.61. The first-order valence-corrected chi connectivity index (χ1v) is 4.78. The molecule has 0 bridgehead atoms. The summed E-state index contributed by atoms with van der Waals surface area (Å²) in [4.78, 5) is 0. The lowest BCUT2D eigenvalue weighted by molar-refractivity contribution is 0.321. The average Bonchev–Trinajstić information content (AvgIpc) is 2.29. The van der Waals surface area contributed by atoms with Gasteiger partial charge < -0.3 is 10.9 Å². The van der Waals surface area contributed by atoms with Gasteiger partial charge in [0.05, 0.1) is 5.71 Å². The molecule has 80 valence electrons. The van der Waals surface area contributed by atoms with Crippen molar-refractivity contribution in [2.75, 3.05) is 5.73 Å². The van der Waals surface area contributed by atoms with Gasteiger partial charge >= 0.3 is 0 Å². The molecule has 4 heteroatoms. The predicted molar refractivity (Wildman–Crippen MR) is 64.9 cm³/mol. The molecule has 0 aromatic heterocycles. The van der Waals surface area contributed by atoms with E-state index in [0.717, 1.165) is 5.56 Å². The summed E-state index contributed by atoms with van der Waals surface area (Å²) in [6.07, 6.45) is 5.08. The van der Waals surface area contributed by atoms with Crippen LogP contribution in [0.3, 0.4) is 0 Å². The number of rotatable bonds is 1. The van der Waals surface area contributed by atoms with E-state index in [1.807, 2.05) is 18.2 Å². The zero-order valence-corrected chi connectivity index (χ0v) is 8.51. The summed E-state index contributed by atoms with van der Waals surface area (Å²) in [6.45, 7) is 0. The lowest BCUT2D eigenvalue weighted by Gasteiger charge is -2.13. The summed E-state index contributed by atoms with van der Waals surface area (Å²) in [5.74, 6) is 0. The Kier molecular flexibility index (Phi) is 2.55. The Balaban J connectivity index is 2.56. The van der Waals surface area contributed by atoms with Crippen LogP contribution in [-0.2, 0) is 0 Å². The number of nitrogens with one attached hydrogen (secondary N) is 1. The van der Waals surface area contributed by atoms with Crippen LogP contribution < -0.4 is 5.73 Å². The van der Waals surface area contributed by atoms with E-state index < -0.39 is 0 Å². The van der Waals surface area contributed by atoms with Crippen molar-refractivity contribution in [3.8, 4) is 0 Å². The van der Waals surface area contributed by atoms with Crippen molar-refractivity contribution >= 4 is 22.7 Å². The fourth-order valence-electron chi connectivity index (χ4n) is 1.61. The van der Waals surface area contributed by atoms with Gasteiger partial charge in [0.15, 0.2) is 0 Å². The average molecular weight is 213 g/mol. The monoisotopic (exact) mass is 213 g/mol. The third-order valence-electron chi connectivity index (χ3n) is 2.39. The molecule has 1 aliphatic carbocycles. The van der Waals surface area contributed by atoms with Crippen molar-refractivity contribution in [1.82, 2.24) is 0 Å². The summed E-state index contributed by atoms with van der Waals surface area (Å²) >= 11 is 0. The minimum atomic E-state index is 0.170. The number of oxime groups is 1. The van der Waals surface area contributed by atoms with Crippen molar-refractivity contribution in [3.63, 3.8) is 0 Å². The minimum absolute atomic E-state index is 0.170. The van der Waals surface area contributed by atoms with Crippen molar-refractivity contribution in [2.24, 2.45) is 5.16 Å². The molecule has 0 unspecified atom stereocenters. The van der Waals surface area contributed by atoms with Gasteiger partial charge in [0.1, 0.15) is 5.71 Å². The van der Waals surface area contributed by atoms with Gasteiger partial charge in [-0.15, -0.1) is 0 Å². The van der Waals surface area contributed by atoms with E-state index in [2.05, 4.69) is 5.16 Å². The molecule has 1 aromatic rings. The standard InChI is InChI=1S/C12H11N3O/c13-10-6-2-1-4-8(10)9-5-3-7-11(14)12(9)15-16/h1-7,14,16H,13H2/b14-11?,15-12-. The van der Waals surface area contributed by atoms with Crippen LogP contribution in [0, 0.1) is 5.41 Å². The van der Waals surface area contributed by atoms with Crippen LogP contribution in [0.5, 0.6) is 0 Å². The van der Waals surface area contributed by atoms with Gasteiger partial charge in [-0.05, 0) is 12.1 Å². The number of hydrogen-bond donors (Lipinski definition) is 3. The van der Waals surface area contributed by atoms with Crippen molar-refractivity contribution in [1.29, 1.82) is 5.41 Å². The fraction of sp³-hybridized carbons (Fsp3) is 0. The molecule has 2 rings (SSSR count). The lowest BCUT2D eigenvalue weighted by Crippen LogP contribution is -2.16. The maximum atomic E-state index is 8.92. The van der Waals surface area contributed by atoms with Crippen LogP contribution in [0.1, 0.15) is 5.56 Å². The quantitative estimate of drug-likeness (QED) is 0.289. The number of hydrogen-bond acceptors (Lipinski definition) is 4. The van der Waals surface area contributed by atoms with Gasteiger partial charge in [0, 0.05) is 16.8 Å². The molecular weight excluding hydrogens is 202 g/mol. The largest absolute Gasteiger partial charge is 0.410 e. The fourth-order valence-corrected chi connectivity index (χ4v) is 1.61. The highest BCUT2D eigenvalue weighted by atomic mass is 16.4. The van der Waals surface area contributed by atoms with E-state index in [1.165, 1.54) is 0 Å². The highest BCUT2D eigenvalue weighted by Gasteiger charge is 2.17. The molecule has 0 amide bonds. The summed E-state index contributed by atoms with van der Waals surface area (Å²) in [5.41, 5.74) is 8.27. The van der Waals surface area contributed by atoms with Crippen LogP contribution in [0.15, 0.2) is 47.6 Å².